The third kappa shape index (κ3) is 4.00. The molecule has 0 bridgehead atoms. The van der Waals surface area contributed by atoms with E-state index >= 15 is 0 Å². The molecule has 0 spiro atoms. The molecule has 0 aliphatic rings. The van der Waals surface area contributed by atoms with Crippen LogP contribution in [0.1, 0.15) is 34.4 Å². The number of Topliss-reactive ketones (excluding diaryl/α,β-unsaturated/α-hetero) is 1. The van der Waals surface area contributed by atoms with Crippen LogP contribution in [0, 0.1) is 13.8 Å². The van der Waals surface area contributed by atoms with Crippen LogP contribution in [0.3, 0.4) is 0 Å². The number of hydrogen-bond donors (Lipinski definition) is 1. The highest BCUT2D eigenvalue weighted by atomic mass is 32.1. The first-order valence-electron chi connectivity index (χ1n) is 7.81. The number of carbonyl (C=O) groups is 2. The Morgan fingerprint density at radius 3 is 2.52 bits per heavy atom. The predicted octanol–water partition coefficient (Wildman–Crippen LogP) is 3.33. The van der Waals surface area contributed by atoms with Crippen molar-refractivity contribution < 1.29 is 9.59 Å². The third-order valence-electron chi connectivity index (χ3n) is 3.65. The molecule has 2 aromatic heterocycles. The first-order chi connectivity index (χ1) is 11.9. The fourth-order valence-corrected chi connectivity index (χ4v) is 3.29. The zero-order valence-electron chi connectivity index (χ0n) is 14.2. The number of hydrogen-bond acceptors (Lipinski definition) is 5. The number of anilines is 1. The topological polar surface area (TPSA) is 76.9 Å². The van der Waals surface area contributed by atoms with E-state index in [-0.39, 0.29) is 18.1 Å². The van der Waals surface area contributed by atoms with Gasteiger partial charge in [-0.2, -0.15) is 5.10 Å². The summed E-state index contributed by atoms with van der Waals surface area (Å²) in [6, 6.07) is 8.82. The molecule has 0 fully saturated rings. The largest absolute Gasteiger partial charge is 0.326 e. The van der Waals surface area contributed by atoms with E-state index in [1.165, 1.54) is 18.3 Å². The Hall–Kier alpha value is -2.80. The molecule has 0 radical (unpaired) electrons. The van der Waals surface area contributed by atoms with Crippen LogP contribution >= 0.6 is 11.3 Å². The number of nitrogens with zero attached hydrogens (tertiary/aromatic N) is 3. The average molecular weight is 354 g/mol. The summed E-state index contributed by atoms with van der Waals surface area (Å²) in [5.74, 6) is -0.155. The maximum absolute atomic E-state index is 12.2. The number of ketones is 1. The van der Waals surface area contributed by atoms with E-state index in [9.17, 15) is 9.59 Å². The van der Waals surface area contributed by atoms with Gasteiger partial charge in [0.25, 0.3) is 0 Å². The van der Waals surface area contributed by atoms with Crippen molar-refractivity contribution >= 4 is 28.7 Å². The number of carbonyl (C=O) groups excluding carboxylic acids is 2. The molecule has 3 aromatic rings. The van der Waals surface area contributed by atoms with Gasteiger partial charge in [0.1, 0.15) is 0 Å². The molecule has 0 aliphatic heterocycles. The second-order valence-electron chi connectivity index (χ2n) is 5.82. The Kier molecular flexibility index (Phi) is 4.76. The molecule has 7 heteroatoms. The first-order valence-corrected chi connectivity index (χ1v) is 8.69. The number of rotatable bonds is 5. The van der Waals surface area contributed by atoms with Crippen LogP contribution in [0.15, 0.2) is 35.7 Å². The molecule has 25 heavy (non-hydrogen) atoms. The molecule has 0 unspecified atom stereocenters. The molecule has 2 heterocycles. The lowest BCUT2D eigenvalue weighted by molar-refractivity contribution is -0.115. The van der Waals surface area contributed by atoms with Crippen molar-refractivity contribution in [3.8, 4) is 5.13 Å². The zero-order valence-corrected chi connectivity index (χ0v) is 15.1. The summed E-state index contributed by atoms with van der Waals surface area (Å²) >= 11 is 1.46. The zero-order chi connectivity index (χ0) is 18.0. The van der Waals surface area contributed by atoms with E-state index in [1.807, 2.05) is 25.3 Å². The summed E-state index contributed by atoms with van der Waals surface area (Å²) < 4.78 is 1.78. The molecule has 0 aliphatic carbocycles. The van der Waals surface area contributed by atoms with Crippen molar-refractivity contribution in [1.29, 1.82) is 0 Å². The van der Waals surface area contributed by atoms with Gasteiger partial charge >= 0.3 is 0 Å². The lowest BCUT2D eigenvalue weighted by Crippen LogP contribution is -2.14. The monoisotopic (exact) mass is 354 g/mol. The van der Waals surface area contributed by atoms with Gasteiger partial charge in [0.2, 0.25) is 11.0 Å². The molecule has 0 saturated carbocycles. The summed E-state index contributed by atoms with van der Waals surface area (Å²) in [5.41, 5.74) is 3.91. The van der Waals surface area contributed by atoms with Gasteiger partial charge in [-0.1, -0.05) is 0 Å². The van der Waals surface area contributed by atoms with Gasteiger partial charge in [0, 0.05) is 22.3 Å². The van der Waals surface area contributed by atoms with E-state index < -0.39 is 0 Å². The molecule has 3 rings (SSSR count). The van der Waals surface area contributed by atoms with Crippen LogP contribution in [-0.4, -0.2) is 26.5 Å². The van der Waals surface area contributed by atoms with Crippen molar-refractivity contribution in [2.45, 2.75) is 27.2 Å². The number of benzene rings is 1. The molecule has 6 nitrogen and oxygen atoms in total. The molecule has 1 aromatic carbocycles. The summed E-state index contributed by atoms with van der Waals surface area (Å²) in [4.78, 5) is 27.9. The quantitative estimate of drug-likeness (QED) is 0.713. The molecule has 128 valence electrons. The maximum atomic E-state index is 12.2. The first kappa shape index (κ1) is 17.0. The van der Waals surface area contributed by atoms with Crippen molar-refractivity contribution in [1.82, 2.24) is 14.8 Å². The van der Waals surface area contributed by atoms with Gasteiger partial charge in [-0.05, 0) is 51.1 Å². The lowest BCUT2D eigenvalue weighted by atomic mass is 10.1. The molecule has 0 atom stereocenters. The summed E-state index contributed by atoms with van der Waals surface area (Å²) in [5, 5.41) is 9.83. The Morgan fingerprint density at radius 1 is 1.20 bits per heavy atom. The van der Waals surface area contributed by atoms with Crippen molar-refractivity contribution in [3.63, 3.8) is 0 Å². The van der Waals surface area contributed by atoms with Gasteiger partial charge in [0.15, 0.2) is 5.78 Å². The van der Waals surface area contributed by atoms with Crippen LogP contribution in [-0.2, 0) is 11.2 Å². The number of thiazole rings is 1. The average Bonchev–Trinajstić information content (AvgIpc) is 3.13. The Bertz CT molecular complexity index is 925. The lowest BCUT2D eigenvalue weighted by Gasteiger charge is -2.04. The normalized spacial score (nSPS) is 10.7. The fraction of sp³-hybridized carbons (Fsp3) is 0.222. The van der Waals surface area contributed by atoms with E-state index in [4.69, 9.17) is 0 Å². The molecule has 1 amide bonds. The SMILES string of the molecule is CC(=O)c1ccc(NC(=O)Cc2csc(-n3nc(C)cc3C)n2)cc1. The van der Waals surface area contributed by atoms with Gasteiger partial charge in [0.05, 0.1) is 17.8 Å². The van der Waals surface area contributed by atoms with Crippen LogP contribution < -0.4 is 5.32 Å². The highest BCUT2D eigenvalue weighted by Gasteiger charge is 2.11. The summed E-state index contributed by atoms with van der Waals surface area (Å²) in [6.45, 7) is 5.41. The molecule has 0 saturated heterocycles. The molecule has 1 N–H and O–H groups in total. The van der Waals surface area contributed by atoms with Crippen molar-refractivity contribution in [2.24, 2.45) is 0 Å². The van der Waals surface area contributed by atoms with E-state index in [0.717, 1.165) is 16.5 Å². The Morgan fingerprint density at radius 2 is 1.92 bits per heavy atom. The second kappa shape index (κ2) is 6.98. The Labute approximate surface area is 149 Å². The van der Waals surface area contributed by atoms with Crippen molar-refractivity contribution in [3.05, 3.63) is 58.4 Å². The smallest absolute Gasteiger partial charge is 0.230 e. The van der Waals surface area contributed by atoms with Gasteiger partial charge < -0.3 is 5.32 Å². The number of aryl methyl sites for hydroxylation is 2. The minimum atomic E-state index is -0.152. The van der Waals surface area contributed by atoms with Crippen LogP contribution in [0.4, 0.5) is 5.69 Å². The highest BCUT2D eigenvalue weighted by Crippen LogP contribution is 2.18. The van der Waals surface area contributed by atoms with Crippen LogP contribution in [0.2, 0.25) is 0 Å². The van der Waals surface area contributed by atoms with Crippen molar-refractivity contribution in [2.75, 3.05) is 5.32 Å². The van der Waals surface area contributed by atoms with Gasteiger partial charge in [-0.3, -0.25) is 9.59 Å². The molecular weight excluding hydrogens is 336 g/mol. The van der Waals surface area contributed by atoms with Gasteiger partial charge in [-0.25, -0.2) is 9.67 Å². The third-order valence-corrected chi connectivity index (χ3v) is 4.51. The molecular formula is C18H18N4O2S. The van der Waals surface area contributed by atoms with Crippen LogP contribution in [0.5, 0.6) is 0 Å². The minimum Gasteiger partial charge on any atom is -0.326 e. The highest BCUT2D eigenvalue weighted by molar-refractivity contribution is 7.12. The number of aromatic nitrogens is 3. The fourth-order valence-electron chi connectivity index (χ4n) is 2.46. The predicted molar refractivity (Wildman–Crippen MR) is 97.5 cm³/mol. The minimum absolute atomic E-state index is 0.00275. The van der Waals surface area contributed by atoms with E-state index in [1.54, 1.807) is 28.9 Å². The number of nitrogens with one attached hydrogen (secondary N) is 1. The second-order valence-corrected chi connectivity index (χ2v) is 6.66. The van der Waals surface area contributed by atoms with E-state index in [0.29, 0.717) is 16.9 Å². The van der Waals surface area contributed by atoms with Crippen LogP contribution in [0.25, 0.3) is 5.13 Å². The number of amides is 1. The van der Waals surface area contributed by atoms with E-state index in [2.05, 4.69) is 15.4 Å². The van der Waals surface area contributed by atoms with Gasteiger partial charge in [-0.15, -0.1) is 11.3 Å². The standard InChI is InChI=1S/C18H18N4O2S/c1-11-8-12(2)22(21-11)18-20-16(10-25-18)9-17(24)19-15-6-4-14(5-7-15)13(3)23/h4-8,10H,9H2,1-3H3,(H,19,24). The Balaban J connectivity index is 1.65. The summed E-state index contributed by atoms with van der Waals surface area (Å²) in [7, 11) is 0. The summed E-state index contributed by atoms with van der Waals surface area (Å²) in [6.07, 6.45) is 0.185. The maximum Gasteiger partial charge on any atom is 0.230 e.